The van der Waals surface area contributed by atoms with Crippen molar-refractivity contribution in [3.63, 3.8) is 0 Å². The SMILES string of the molecule is CC(C)(C)OC(=O)N1CCC(NCC(F)F)CC1c1ccccc1. The van der Waals surface area contributed by atoms with Gasteiger partial charge in [0.05, 0.1) is 12.6 Å². The average Bonchev–Trinajstić information content (AvgIpc) is 2.52. The monoisotopic (exact) mass is 340 g/mol. The fraction of sp³-hybridized carbons (Fsp3) is 0.611. The van der Waals surface area contributed by atoms with Gasteiger partial charge in [0, 0.05) is 12.6 Å². The second-order valence-corrected chi connectivity index (χ2v) is 7.12. The van der Waals surface area contributed by atoms with Crippen LogP contribution in [0.4, 0.5) is 13.6 Å². The normalized spacial score (nSPS) is 21.8. The molecule has 2 unspecified atom stereocenters. The maximum atomic E-state index is 12.5. The van der Waals surface area contributed by atoms with E-state index in [4.69, 9.17) is 4.74 Å². The van der Waals surface area contributed by atoms with Gasteiger partial charge in [-0.1, -0.05) is 30.3 Å². The molecule has 0 saturated carbocycles. The van der Waals surface area contributed by atoms with Crippen LogP contribution in [0.2, 0.25) is 0 Å². The number of halogens is 2. The standard InChI is InChI=1S/C18H26F2N2O2/c1-18(2,3)24-17(23)22-10-9-14(21-12-16(19)20)11-15(22)13-7-5-4-6-8-13/h4-8,14-16,21H,9-12H2,1-3H3. The minimum Gasteiger partial charge on any atom is -0.444 e. The van der Waals surface area contributed by atoms with Crippen LogP contribution in [0.1, 0.15) is 45.2 Å². The molecule has 134 valence electrons. The lowest BCUT2D eigenvalue weighted by atomic mass is 9.92. The summed E-state index contributed by atoms with van der Waals surface area (Å²) in [5.74, 6) is 0. The summed E-state index contributed by atoms with van der Waals surface area (Å²) >= 11 is 0. The van der Waals surface area contributed by atoms with Gasteiger partial charge < -0.3 is 15.0 Å². The number of hydrogen-bond donors (Lipinski definition) is 1. The molecule has 1 aliphatic heterocycles. The number of rotatable bonds is 4. The van der Waals surface area contributed by atoms with E-state index in [1.807, 2.05) is 51.1 Å². The molecule has 6 heteroatoms. The molecule has 0 aliphatic carbocycles. The van der Waals surface area contributed by atoms with Crippen LogP contribution in [0.25, 0.3) is 0 Å². The van der Waals surface area contributed by atoms with E-state index in [0.29, 0.717) is 19.4 Å². The molecule has 1 aromatic rings. The summed E-state index contributed by atoms with van der Waals surface area (Å²) in [6.45, 7) is 5.66. The number of ether oxygens (including phenoxy) is 1. The number of amides is 1. The van der Waals surface area contributed by atoms with E-state index in [0.717, 1.165) is 5.56 Å². The van der Waals surface area contributed by atoms with Gasteiger partial charge in [0.2, 0.25) is 0 Å². The van der Waals surface area contributed by atoms with Crippen molar-refractivity contribution in [1.82, 2.24) is 10.2 Å². The van der Waals surface area contributed by atoms with E-state index in [2.05, 4.69) is 5.32 Å². The van der Waals surface area contributed by atoms with Gasteiger partial charge in [0.15, 0.2) is 0 Å². The summed E-state index contributed by atoms with van der Waals surface area (Å²) in [6.07, 6.45) is -1.50. The Kier molecular flexibility index (Phi) is 6.15. The highest BCUT2D eigenvalue weighted by Crippen LogP contribution is 2.32. The van der Waals surface area contributed by atoms with E-state index >= 15 is 0 Å². The second-order valence-electron chi connectivity index (χ2n) is 7.12. The van der Waals surface area contributed by atoms with Crippen LogP contribution in [0.3, 0.4) is 0 Å². The molecule has 2 atom stereocenters. The first-order chi connectivity index (χ1) is 11.3. The van der Waals surface area contributed by atoms with Gasteiger partial charge in [-0.3, -0.25) is 0 Å². The van der Waals surface area contributed by atoms with Crippen molar-refractivity contribution in [2.24, 2.45) is 0 Å². The summed E-state index contributed by atoms with van der Waals surface area (Å²) < 4.78 is 30.4. The Balaban J connectivity index is 2.13. The lowest BCUT2D eigenvalue weighted by Crippen LogP contribution is -2.48. The van der Waals surface area contributed by atoms with Crippen molar-refractivity contribution in [3.8, 4) is 0 Å². The summed E-state index contributed by atoms with van der Waals surface area (Å²) in [7, 11) is 0. The molecule has 1 aliphatic rings. The van der Waals surface area contributed by atoms with Gasteiger partial charge in [0.1, 0.15) is 5.60 Å². The summed E-state index contributed by atoms with van der Waals surface area (Å²) in [6, 6.07) is 9.44. The minimum absolute atomic E-state index is 0.0390. The highest BCUT2D eigenvalue weighted by atomic mass is 19.3. The maximum Gasteiger partial charge on any atom is 0.410 e. The second kappa shape index (κ2) is 7.92. The van der Waals surface area contributed by atoms with Crippen LogP contribution in [0, 0.1) is 0 Å². The number of nitrogens with one attached hydrogen (secondary N) is 1. The zero-order valence-electron chi connectivity index (χ0n) is 14.5. The fourth-order valence-electron chi connectivity index (χ4n) is 2.94. The molecule has 1 N–H and O–H groups in total. The third kappa shape index (κ3) is 5.44. The summed E-state index contributed by atoms with van der Waals surface area (Å²) in [5.41, 5.74) is 0.426. The smallest absolute Gasteiger partial charge is 0.410 e. The number of hydrogen-bond acceptors (Lipinski definition) is 3. The van der Waals surface area contributed by atoms with Gasteiger partial charge in [-0.05, 0) is 39.2 Å². The van der Waals surface area contributed by atoms with E-state index in [9.17, 15) is 13.6 Å². The molecular formula is C18H26F2N2O2. The molecule has 1 aromatic carbocycles. The number of carbonyl (C=O) groups is 1. The quantitative estimate of drug-likeness (QED) is 0.901. The molecule has 1 fully saturated rings. The van der Waals surface area contributed by atoms with Crippen molar-refractivity contribution in [1.29, 1.82) is 0 Å². The van der Waals surface area contributed by atoms with Crippen LogP contribution in [0.5, 0.6) is 0 Å². The summed E-state index contributed by atoms with van der Waals surface area (Å²) in [5, 5.41) is 2.90. The van der Waals surface area contributed by atoms with Crippen molar-refractivity contribution >= 4 is 6.09 Å². The van der Waals surface area contributed by atoms with Crippen LogP contribution >= 0.6 is 0 Å². The molecule has 2 rings (SSSR count). The predicted octanol–water partition coefficient (Wildman–Crippen LogP) is 3.98. The molecular weight excluding hydrogens is 314 g/mol. The Morgan fingerprint density at radius 1 is 1.33 bits per heavy atom. The van der Waals surface area contributed by atoms with E-state index in [1.165, 1.54) is 0 Å². The molecule has 0 aromatic heterocycles. The number of likely N-dealkylation sites (tertiary alicyclic amines) is 1. The first-order valence-corrected chi connectivity index (χ1v) is 8.32. The molecule has 0 bridgehead atoms. The zero-order valence-corrected chi connectivity index (χ0v) is 14.5. The van der Waals surface area contributed by atoms with Gasteiger partial charge in [0.25, 0.3) is 6.43 Å². The molecule has 4 nitrogen and oxygen atoms in total. The molecule has 1 heterocycles. The third-order valence-electron chi connectivity index (χ3n) is 3.98. The fourth-order valence-corrected chi connectivity index (χ4v) is 2.94. The molecule has 24 heavy (non-hydrogen) atoms. The topological polar surface area (TPSA) is 41.6 Å². The van der Waals surface area contributed by atoms with Crippen LogP contribution in [-0.4, -0.2) is 42.2 Å². The zero-order chi connectivity index (χ0) is 17.7. The van der Waals surface area contributed by atoms with Crippen molar-refractivity contribution in [3.05, 3.63) is 35.9 Å². The van der Waals surface area contributed by atoms with E-state index in [1.54, 1.807) is 4.90 Å². The molecule has 0 radical (unpaired) electrons. The van der Waals surface area contributed by atoms with Gasteiger partial charge in [-0.2, -0.15) is 0 Å². The third-order valence-corrected chi connectivity index (χ3v) is 3.98. The van der Waals surface area contributed by atoms with Crippen LogP contribution in [0.15, 0.2) is 30.3 Å². The first-order valence-electron chi connectivity index (χ1n) is 8.32. The Morgan fingerprint density at radius 3 is 2.58 bits per heavy atom. The van der Waals surface area contributed by atoms with Crippen molar-refractivity contribution in [2.75, 3.05) is 13.1 Å². The minimum atomic E-state index is -2.37. The number of carbonyl (C=O) groups excluding carboxylic acids is 1. The van der Waals surface area contributed by atoms with E-state index in [-0.39, 0.29) is 24.7 Å². The van der Waals surface area contributed by atoms with Crippen LogP contribution < -0.4 is 5.32 Å². The number of benzene rings is 1. The van der Waals surface area contributed by atoms with Crippen LogP contribution in [-0.2, 0) is 4.74 Å². The number of nitrogens with zero attached hydrogens (tertiary/aromatic N) is 1. The Bertz CT molecular complexity index is 532. The Morgan fingerprint density at radius 2 is 2.00 bits per heavy atom. The highest BCUT2D eigenvalue weighted by molar-refractivity contribution is 5.69. The maximum absolute atomic E-state index is 12.5. The average molecular weight is 340 g/mol. The lowest BCUT2D eigenvalue weighted by molar-refractivity contribution is 0.00579. The number of piperidine rings is 1. The Labute approximate surface area is 142 Å². The van der Waals surface area contributed by atoms with Gasteiger partial charge >= 0.3 is 6.09 Å². The van der Waals surface area contributed by atoms with E-state index < -0.39 is 12.0 Å². The first kappa shape index (κ1) is 18.6. The number of alkyl halides is 2. The largest absolute Gasteiger partial charge is 0.444 e. The van der Waals surface area contributed by atoms with Crippen molar-refractivity contribution < 1.29 is 18.3 Å². The van der Waals surface area contributed by atoms with Crippen molar-refractivity contribution in [2.45, 2.75) is 57.7 Å². The lowest BCUT2D eigenvalue weighted by Gasteiger charge is -2.40. The Hall–Kier alpha value is -1.69. The highest BCUT2D eigenvalue weighted by Gasteiger charge is 2.35. The molecule has 1 saturated heterocycles. The molecule has 1 amide bonds. The van der Waals surface area contributed by atoms with Gasteiger partial charge in [-0.15, -0.1) is 0 Å². The predicted molar refractivity (Wildman–Crippen MR) is 89.2 cm³/mol. The summed E-state index contributed by atoms with van der Waals surface area (Å²) in [4.78, 5) is 14.2. The van der Waals surface area contributed by atoms with Gasteiger partial charge in [-0.25, -0.2) is 13.6 Å². The molecule has 0 spiro atoms.